The predicted molar refractivity (Wildman–Crippen MR) is 76.2 cm³/mol. The topological polar surface area (TPSA) is 67.3 Å². The van der Waals surface area contributed by atoms with Crippen LogP contribution in [0.5, 0.6) is 5.88 Å². The molecule has 100 valence electrons. The van der Waals surface area contributed by atoms with Gasteiger partial charge in [0.05, 0.1) is 23.9 Å². The van der Waals surface area contributed by atoms with Gasteiger partial charge < -0.3 is 15.2 Å². The van der Waals surface area contributed by atoms with Crippen LogP contribution in [0.25, 0.3) is 0 Å². The van der Waals surface area contributed by atoms with E-state index in [4.69, 9.17) is 4.74 Å². The van der Waals surface area contributed by atoms with Crippen molar-refractivity contribution in [3.05, 3.63) is 46.6 Å². The molecule has 1 unspecified atom stereocenters. The highest BCUT2D eigenvalue weighted by atomic mass is 79.9. The first-order chi connectivity index (χ1) is 9.20. The van der Waals surface area contributed by atoms with Gasteiger partial charge in [0.15, 0.2) is 0 Å². The summed E-state index contributed by atoms with van der Waals surface area (Å²) in [4.78, 5) is 8.25. The molecule has 0 bridgehead atoms. The highest BCUT2D eigenvalue weighted by Gasteiger charge is 2.09. The molecular formula is C13H14BrN3O2. The standard InChI is InChI=1S/C13H14BrN3O2/c1-19-12-10(14)7-15-13(17-12)16-8-11(18)9-5-3-2-4-6-9/h2-7,11,18H,8H2,1H3,(H,15,16,17). The molecule has 0 aliphatic heterocycles. The Balaban J connectivity index is 1.99. The third-order valence-electron chi connectivity index (χ3n) is 2.54. The molecule has 0 amide bonds. The first-order valence-electron chi connectivity index (χ1n) is 5.74. The van der Waals surface area contributed by atoms with Gasteiger partial charge in [0.2, 0.25) is 11.8 Å². The third kappa shape index (κ3) is 3.65. The van der Waals surface area contributed by atoms with Crippen molar-refractivity contribution in [1.29, 1.82) is 0 Å². The zero-order chi connectivity index (χ0) is 13.7. The largest absolute Gasteiger partial charge is 0.480 e. The summed E-state index contributed by atoms with van der Waals surface area (Å²) in [5.41, 5.74) is 0.846. The predicted octanol–water partition coefficient (Wildman–Crippen LogP) is 2.39. The SMILES string of the molecule is COc1nc(NCC(O)c2ccccc2)ncc1Br. The van der Waals surface area contributed by atoms with Crippen LogP contribution >= 0.6 is 15.9 Å². The zero-order valence-electron chi connectivity index (χ0n) is 10.4. The van der Waals surface area contributed by atoms with Crippen molar-refractivity contribution in [2.24, 2.45) is 0 Å². The number of nitrogens with zero attached hydrogens (tertiary/aromatic N) is 2. The molecule has 1 heterocycles. The lowest BCUT2D eigenvalue weighted by atomic mass is 10.1. The van der Waals surface area contributed by atoms with Gasteiger partial charge >= 0.3 is 0 Å². The number of methoxy groups -OCH3 is 1. The van der Waals surface area contributed by atoms with Crippen LogP contribution in [-0.4, -0.2) is 28.7 Å². The van der Waals surface area contributed by atoms with Crippen LogP contribution in [0.3, 0.4) is 0 Å². The molecule has 5 nitrogen and oxygen atoms in total. The van der Waals surface area contributed by atoms with E-state index < -0.39 is 6.10 Å². The maximum absolute atomic E-state index is 10.0. The number of hydrogen-bond acceptors (Lipinski definition) is 5. The molecule has 2 N–H and O–H groups in total. The van der Waals surface area contributed by atoms with E-state index >= 15 is 0 Å². The Bertz CT molecular complexity index is 537. The summed E-state index contributed by atoms with van der Waals surface area (Å²) in [6.45, 7) is 0.328. The van der Waals surface area contributed by atoms with Gasteiger partial charge in [-0.1, -0.05) is 30.3 Å². The van der Waals surface area contributed by atoms with Crippen LogP contribution in [0.4, 0.5) is 5.95 Å². The number of halogens is 1. The Morgan fingerprint density at radius 3 is 2.79 bits per heavy atom. The van der Waals surface area contributed by atoms with Crippen molar-refractivity contribution in [1.82, 2.24) is 9.97 Å². The van der Waals surface area contributed by atoms with Gasteiger partial charge in [0, 0.05) is 6.54 Å². The maximum atomic E-state index is 10.0. The molecule has 1 aromatic heterocycles. The number of nitrogens with one attached hydrogen (secondary N) is 1. The average molecular weight is 324 g/mol. The number of aliphatic hydroxyl groups excluding tert-OH is 1. The lowest BCUT2D eigenvalue weighted by Gasteiger charge is -2.12. The second-order valence-electron chi connectivity index (χ2n) is 3.86. The Kier molecular flexibility index (Phi) is 4.70. The van der Waals surface area contributed by atoms with Gasteiger partial charge in [-0.05, 0) is 21.5 Å². The molecule has 0 saturated carbocycles. The van der Waals surface area contributed by atoms with E-state index in [2.05, 4.69) is 31.2 Å². The van der Waals surface area contributed by atoms with Crippen LogP contribution in [0.1, 0.15) is 11.7 Å². The Morgan fingerprint density at radius 1 is 1.37 bits per heavy atom. The van der Waals surface area contributed by atoms with Crippen LogP contribution in [0, 0.1) is 0 Å². The summed E-state index contributed by atoms with van der Waals surface area (Å²) in [5.74, 6) is 0.863. The van der Waals surface area contributed by atoms with Crippen molar-refractivity contribution >= 4 is 21.9 Å². The molecule has 0 aliphatic carbocycles. The van der Waals surface area contributed by atoms with Crippen molar-refractivity contribution < 1.29 is 9.84 Å². The average Bonchev–Trinajstić information content (AvgIpc) is 2.47. The van der Waals surface area contributed by atoms with Crippen molar-refractivity contribution in [3.63, 3.8) is 0 Å². The van der Waals surface area contributed by atoms with Gasteiger partial charge in [-0.25, -0.2) is 4.98 Å². The molecule has 6 heteroatoms. The maximum Gasteiger partial charge on any atom is 0.232 e. The van der Waals surface area contributed by atoms with Crippen molar-refractivity contribution in [2.45, 2.75) is 6.10 Å². The monoisotopic (exact) mass is 323 g/mol. The Morgan fingerprint density at radius 2 is 2.11 bits per heavy atom. The van der Waals surface area contributed by atoms with Gasteiger partial charge in [0.25, 0.3) is 0 Å². The summed E-state index contributed by atoms with van der Waals surface area (Å²) in [6.07, 6.45) is 0.989. The summed E-state index contributed by atoms with van der Waals surface area (Å²) < 4.78 is 5.76. The van der Waals surface area contributed by atoms with E-state index in [1.807, 2.05) is 30.3 Å². The Labute approximate surface area is 119 Å². The Hall–Kier alpha value is -1.66. The second-order valence-corrected chi connectivity index (χ2v) is 4.71. The first-order valence-corrected chi connectivity index (χ1v) is 6.53. The van der Waals surface area contributed by atoms with E-state index in [0.29, 0.717) is 22.8 Å². The molecule has 2 rings (SSSR count). The molecular weight excluding hydrogens is 310 g/mol. The zero-order valence-corrected chi connectivity index (χ0v) is 12.0. The molecule has 0 fully saturated rings. The van der Waals surface area contributed by atoms with Crippen molar-refractivity contribution in [3.8, 4) is 5.88 Å². The lowest BCUT2D eigenvalue weighted by molar-refractivity contribution is 0.191. The van der Waals surface area contributed by atoms with Gasteiger partial charge in [-0.15, -0.1) is 0 Å². The van der Waals surface area contributed by atoms with Crippen LogP contribution in [0.15, 0.2) is 41.0 Å². The number of rotatable bonds is 5. The van der Waals surface area contributed by atoms with Crippen LogP contribution in [-0.2, 0) is 0 Å². The number of aliphatic hydroxyl groups is 1. The van der Waals surface area contributed by atoms with Crippen molar-refractivity contribution in [2.75, 3.05) is 19.0 Å². The molecule has 1 atom stereocenters. The number of aromatic nitrogens is 2. The summed E-state index contributed by atoms with van der Waals surface area (Å²) in [6, 6.07) is 9.42. The number of ether oxygens (including phenoxy) is 1. The molecule has 0 radical (unpaired) electrons. The quantitative estimate of drug-likeness (QED) is 0.884. The minimum atomic E-state index is -0.612. The number of benzene rings is 1. The number of hydrogen-bond donors (Lipinski definition) is 2. The normalized spacial score (nSPS) is 11.9. The molecule has 19 heavy (non-hydrogen) atoms. The van der Waals surface area contributed by atoms with E-state index in [1.54, 1.807) is 6.20 Å². The third-order valence-corrected chi connectivity index (χ3v) is 3.09. The molecule has 0 spiro atoms. The second kappa shape index (κ2) is 6.49. The van der Waals surface area contributed by atoms with Crippen LogP contribution < -0.4 is 10.1 Å². The molecule has 2 aromatic rings. The fraction of sp³-hybridized carbons (Fsp3) is 0.231. The van der Waals surface area contributed by atoms with Crippen LogP contribution in [0.2, 0.25) is 0 Å². The summed E-state index contributed by atoms with van der Waals surface area (Å²) >= 11 is 3.28. The molecule has 1 aromatic carbocycles. The van der Waals surface area contributed by atoms with E-state index in [9.17, 15) is 5.11 Å². The van der Waals surface area contributed by atoms with E-state index in [1.165, 1.54) is 7.11 Å². The highest BCUT2D eigenvalue weighted by molar-refractivity contribution is 9.10. The fourth-order valence-corrected chi connectivity index (χ4v) is 1.91. The summed E-state index contributed by atoms with van der Waals surface area (Å²) in [5, 5.41) is 13.0. The van der Waals surface area contributed by atoms with Gasteiger partial charge in [0.1, 0.15) is 0 Å². The van der Waals surface area contributed by atoms with Gasteiger partial charge in [-0.3, -0.25) is 0 Å². The first kappa shape index (κ1) is 13.8. The molecule has 0 saturated heterocycles. The minimum absolute atomic E-state index is 0.328. The molecule has 0 aliphatic rings. The smallest absolute Gasteiger partial charge is 0.232 e. The van der Waals surface area contributed by atoms with E-state index in [0.717, 1.165) is 5.56 Å². The summed E-state index contributed by atoms with van der Waals surface area (Å²) in [7, 11) is 1.54. The fourth-order valence-electron chi connectivity index (χ4n) is 1.56. The van der Waals surface area contributed by atoms with E-state index in [-0.39, 0.29) is 0 Å². The number of anilines is 1. The lowest BCUT2D eigenvalue weighted by Crippen LogP contribution is -2.14. The highest BCUT2D eigenvalue weighted by Crippen LogP contribution is 2.22. The van der Waals surface area contributed by atoms with Gasteiger partial charge in [-0.2, -0.15) is 4.98 Å². The minimum Gasteiger partial charge on any atom is -0.480 e.